The molecule has 14 heteroatoms. The molecular weight excluding hydrogens is 525 g/mol. The molecular formula is C26H27F3N10O. The molecule has 4 aromatic heterocycles. The number of aromatic nitrogens is 7. The molecule has 0 bridgehead atoms. The van der Waals surface area contributed by atoms with E-state index < -0.39 is 12.7 Å². The molecule has 0 amide bonds. The van der Waals surface area contributed by atoms with Crippen molar-refractivity contribution in [3.8, 4) is 11.4 Å². The molecule has 0 aliphatic carbocycles. The van der Waals surface area contributed by atoms with E-state index >= 15 is 0 Å². The standard InChI is InChI=1S/C26H27F3N10O/c1-15(23-30-6-3-7-31-23)32-22-20(25(40)35-19-13-37(2)36-21(19)22)24-33-17-5-4-16(12-18(17)34-24)39-10-8-38(9-11-39)14-26(27,28)29/h3-7,12-13,15,32H,8-11,14H2,1-2H3,(H,33,34)(H,35,40). The summed E-state index contributed by atoms with van der Waals surface area (Å²) in [7, 11) is 1.77. The van der Waals surface area contributed by atoms with Crippen molar-refractivity contribution in [2.45, 2.75) is 19.1 Å². The predicted octanol–water partition coefficient (Wildman–Crippen LogP) is 3.45. The number of hydrogen-bond donors (Lipinski definition) is 3. The summed E-state index contributed by atoms with van der Waals surface area (Å²) in [5, 5.41) is 7.94. The molecule has 1 aliphatic heterocycles. The Balaban J connectivity index is 1.34. The number of piperazine rings is 1. The molecule has 0 saturated carbocycles. The van der Waals surface area contributed by atoms with Crippen LogP contribution in [-0.4, -0.2) is 78.5 Å². The van der Waals surface area contributed by atoms with Crippen molar-refractivity contribution in [1.82, 2.24) is 39.6 Å². The molecule has 1 unspecified atom stereocenters. The first-order valence-electron chi connectivity index (χ1n) is 12.8. The summed E-state index contributed by atoms with van der Waals surface area (Å²) in [6, 6.07) is 7.04. The minimum absolute atomic E-state index is 0.299. The molecule has 0 spiro atoms. The van der Waals surface area contributed by atoms with Gasteiger partial charge in [-0.2, -0.15) is 18.3 Å². The fourth-order valence-electron chi connectivity index (χ4n) is 5.09. The number of nitrogens with zero attached hydrogens (tertiary/aromatic N) is 7. The number of rotatable bonds is 6. The lowest BCUT2D eigenvalue weighted by Gasteiger charge is -2.36. The first kappa shape index (κ1) is 25.8. The number of fused-ring (bicyclic) bond motifs is 2. The third-order valence-electron chi connectivity index (χ3n) is 6.97. The number of imidazole rings is 1. The number of H-pyrrole nitrogens is 2. The van der Waals surface area contributed by atoms with E-state index in [1.54, 1.807) is 36.4 Å². The summed E-state index contributed by atoms with van der Waals surface area (Å²) < 4.78 is 39.9. The molecule has 1 aromatic carbocycles. The minimum Gasteiger partial charge on any atom is -0.373 e. The number of pyridine rings is 1. The van der Waals surface area contributed by atoms with Gasteiger partial charge in [0.2, 0.25) is 0 Å². The average Bonchev–Trinajstić information content (AvgIpc) is 3.50. The normalized spacial score (nSPS) is 15.7. The number of aryl methyl sites for hydroxylation is 1. The Kier molecular flexibility index (Phi) is 6.41. The maximum atomic E-state index is 13.4. The van der Waals surface area contributed by atoms with Crippen molar-refractivity contribution >= 4 is 33.4 Å². The second-order valence-electron chi connectivity index (χ2n) is 9.91. The molecule has 1 saturated heterocycles. The van der Waals surface area contributed by atoms with Gasteiger partial charge in [-0.05, 0) is 31.2 Å². The molecule has 6 rings (SSSR count). The van der Waals surface area contributed by atoms with Gasteiger partial charge in [0.15, 0.2) is 0 Å². The second-order valence-corrected chi connectivity index (χ2v) is 9.91. The average molecular weight is 553 g/mol. The SMILES string of the molecule is CC(Nc1c(-c2nc3ccc(N4CCN(CC(F)(F)F)CC4)cc3[nH]2)c(=O)[nH]c2cn(C)nc12)c1ncccn1. The maximum absolute atomic E-state index is 13.4. The third kappa shape index (κ3) is 5.09. The van der Waals surface area contributed by atoms with E-state index in [-0.39, 0.29) is 11.6 Å². The van der Waals surface area contributed by atoms with Gasteiger partial charge in [0.05, 0.1) is 34.8 Å². The van der Waals surface area contributed by atoms with Gasteiger partial charge < -0.3 is 20.2 Å². The van der Waals surface area contributed by atoms with Crippen LogP contribution >= 0.6 is 0 Å². The predicted molar refractivity (Wildman–Crippen MR) is 145 cm³/mol. The summed E-state index contributed by atoms with van der Waals surface area (Å²) in [5.74, 6) is 0.919. The largest absolute Gasteiger partial charge is 0.401 e. The van der Waals surface area contributed by atoms with Gasteiger partial charge >= 0.3 is 6.18 Å². The van der Waals surface area contributed by atoms with Crippen LogP contribution in [0.15, 0.2) is 47.7 Å². The van der Waals surface area contributed by atoms with Crippen molar-refractivity contribution in [2.75, 3.05) is 42.9 Å². The molecule has 0 radical (unpaired) electrons. The number of benzene rings is 1. The van der Waals surface area contributed by atoms with Crippen LogP contribution in [0.3, 0.4) is 0 Å². The monoisotopic (exact) mass is 552 g/mol. The van der Waals surface area contributed by atoms with E-state index in [4.69, 9.17) is 4.98 Å². The van der Waals surface area contributed by atoms with Crippen LogP contribution in [0.25, 0.3) is 33.5 Å². The van der Waals surface area contributed by atoms with Gasteiger partial charge in [-0.3, -0.25) is 14.4 Å². The molecule has 40 heavy (non-hydrogen) atoms. The van der Waals surface area contributed by atoms with E-state index in [1.165, 1.54) is 4.90 Å². The third-order valence-corrected chi connectivity index (χ3v) is 6.97. The molecule has 1 aliphatic rings. The van der Waals surface area contributed by atoms with Gasteiger partial charge in [-0.25, -0.2) is 15.0 Å². The molecule has 3 N–H and O–H groups in total. The van der Waals surface area contributed by atoms with Crippen LogP contribution in [0.5, 0.6) is 0 Å². The van der Waals surface area contributed by atoms with Crippen LogP contribution in [0.1, 0.15) is 18.8 Å². The molecule has 11 nitrogen and oxygen atoms in total. The Morgan fingerprint density at radius 1 is 1.07 bits per heavy atom. The zero-order chi connectivity index (χ0) is 28.0. The van der Waals surface area contributed by atoms with E-state index in [0.717, 1.165) is 5.69 Å². The zero-order valence-electron chi connectivity index (χ0n) is 21.8. The number of halogens is 3. The Morgan fingerprint density at radius 2 is 1.82 bits per heavy atom. The summed E-state index contributed by atoms with van der Waals surface area (Å²) in [6.07, 6.45) is 0.836. The lowest BCUT2D eigenvalue weighted by Crippen LogP contribution is -2.49. The Labute approximate surface area is 226 Å². The van der Waals surface area contributed by atoms with Gasteiger partial charge in [0.25, 0.3) is 5.56 Å². The quantitative estimate of drug-likeness (QED) is 0.293. The topological polar surface area (TPSA) is 124 Å². The summed E-state index contributed by atoms with van der Waals surface area (Å²) in [4.78, 5) is 36.4. The van der Waals surface area contributed by atoms with E-state index in [2.05, 4.69) is 30.4 Å². The highest BCUT2D eigenvalue weighted by molar-refractivity contribution is 5.96. The van der Waals surface area contributed by atoms with Crippen LogP contribution in [0.4, 0.5) is 24.5 Å². The number of nitrogens with one attached hydrogen (secondary N) is 3. The molecule has 5 heterocycles. The van der Waals surface area contributed by atoms with Crippen LogP contribution in [0, 0.1) is 0 Å². The highest BCUT2D eigenvalue weighted by Crippen LogP contribution is 2.33. The maximum Gasteiger partial charge on any atom is 0.401 e. The van der Waals surface area contributed by atoms with Gasteiger partial charge in [0.1, 0.15) is 22.7 Å². The Bertz CT molecular complexity index is 1720. The van der Waals surface area contributed by atoms with Crippen molar-refractivity contribution in [2.24, 2.45) is 7.05 Å². The van der Waals surface area contributed by atoms with Gasteiger partial charge in [-0.15, -0.1) is 0 Å². The first-order valence-corrected chi connectivity index (χ1v) is 12.8. The summed E-state index contributed by atoms with van der Waals surface area (Å²) in [5.41, 5.74) is 3.82. The Morgan fingerprint density at radius 3 is 2.55 bits per heavy atom. The molecule has 208 valence electrons. The molecule has 5 aromatic rings. The highest BCUT2D eigenvalue weighted by atomic mass is 19.4. The van der Waals surface area contributed by atoms with Crippen molar-refractivity contribution < 1.29 is 13.2 Å². The smallest absolute Gasteiger partial charge is 0.373 e. The lowest BCUT2D eigenvalue weighted by atomic mass is 10.1. The van der Waals surface area contributed by atoms with Gasteiger partial charge in [-0.1, -0.05) is 0 Å². The zero-order valence-corrected chi connectivity index (χ0v) is 21.8. The number of aromatic amines is 2. The van der Waals surface area contributed by atoms with E-state index in [9.17, 15) is 18.0 Å². The summed E-state index contributed by atoms with van der Waals surface area (Å²) in [6.45, 7) is 2.60. The second kappa shape index (κ2) is 9.93. The fraction of sp³-hybridized carbons (Fsp3) is 0.346. The van der Waals surface area contributed by atoms with Crippen LogP contribution in [-0.2, 0) is 7.05 Å². The van der Waals surface area contributed by atoms with E-state index in [1.807, 2.05) is 30.0 Å². The first-order chi connectivity index (χ1) is 19.1. The molecule has 1 atom stereocenters. The minimum atomic E-state index is -4.21. The van der Waals surface area contributed by atoms with Crippen molar-refractivity contribution in [3.05, 3.63) is 59.0 Å². The van der Waals surface area contributed by atoms with Crippen LogP contribution in [0.2, 0.25) is 0 Å². The number of alkyl halides is 3. The molecule has 1 fully saturated rings. The van der Waals surface area contributed by atoms with Crippen molar-refractivity contribution in [3.63, 3.8) is 0 Å². The fourth-order valence-corrected chi connectivity index (χ4v) is 5.09. The summed E-state index contributed by atoms with van der Waals surface area (Å²) >= 11 is 0. The van der Waals surface area contributed by atoms with Crippen molar-refractivity contribution in [1.29, 1.82) is 0 Å². The highest BCUT2D eigenvalue weighted by Gasteiger charge is 2.32. The van der Waals surface area contributed by atoms with E-state index in [0.29, 0.717) is 71.1 Å². The Hall–Kier alpha value is -4.46. The van der Waals surface area contributed by atoms with Gasteiger partial charge in [0, 0.05) is 57.5 Å². The lowest BCUT2D eigenvalue weighted by molar-refractivity contribution is -0.146. The number of hydrogen-bond acceptors (Lipinski definition) is 8. The number of anilines is 2. The van der Waals surface area contributed by atoms with Crippen LogP contribution < -0.4 is 15.8 Å².